The number of nitrogens with one attached hydrogen (secondary N) is 1. The molecule has 0 aliphatic carbocycles. The first-order chi connectivity index (χ1) is 12.0. The predicted molar refractivity (Wildman–Crippen MR) is 106 cm³/mol. The molecule has 0 aliphatic heterocycles. The maximum absolute atomic E-state index is 12.5. The molecule has 0 saturated carbocycles. The second-order valence-electron chi connectivity index (χ2n) is 5.92. The summed E-state index contributed by atoms with van der Waals surface area (Å²) in [6.45, 7) is 4.50. The molecule has 1 heterocycles. The lowest BCUT2D eigenvalue weighted by Crippen LogP contribution is -2.23. The summed E-state index contributed by atoms with van der Waals surface area (Å²) in [5, 5.41) is 2.91. The van der Waals surface area contributed by atoms with Gasteiger partial charge in [-0.2, -0.15) is 0 Å². The molecule has 0 unspecified atom stereocenters. The number of nitrogens with zero attached hydrogens (tertiary/aromatic N) is 1. The molecule has 4 nitrogen and oxygen atoms in total. The Bertz CT molecular complexity index is 954. The third-order valence-corrected chi connectivity index (χ3v) is 5.31. The van der Waals surface area contributed by atoms with E-state index in [1.807, 2.05) is 62.4 Å². The number of carbonyl (C=O) groups is 1. The highest BCUT2D eigenvalue weighted by atomic mass is 32.1. The van der Waals surface area contributed by atoms with E-state index in [2.05, 4.69) is 5.32 Å². The van der Waals surface area contributed by atoms with Crippen molar-refractivity contribution in [1.29, 1.82) is 0 Å². The van der Waals surface area contributed by atoms with Gasteiger partial charge in [-0.25, -0.2) is 0 Å². The Morgan fingerprint density at radius 2 is 1.64 bits per heavy atom. The summed E-state index contributed by atoms with van der Waals surface area (Å²) in [4.78, 5) is 13.0. The molecular formula is C19H19N3OS2. The van der Waals surface area contributed by atoms with Crippen molar-refractivity contribution in [2.75, 3.05) is 5.73 Å². The van der Waals surface area contributed by atoms with Crippen molar-refractivity contribution in [2.24, 2.45) is 0 Å². The summed E-state index contributed by atoms with van der Waals surface area (Å²) in [6, 6.07) is 15.9. The minimum absolute atomic E-state index is 0.208. The zero-order valence-corrected chi connectivity index (χ0v) is 15.7. The lowest BCUT2D eigenvalue weighted by molar-refractivity contribution is 0.0955. The van der Waals surface area contributed by atoms with Crippen molar-refractivity contribution in [1.82, 2.24) is 9.88 Å². The van der Waals surface area contributed by atoms with Crippen LogP contribution in [-0.2, 0) is 6.54 Å². The molecule has 128 valence electrons. The monoisotopic (exact) mass is 369 g/mol. The van der Waals surface area contributed by atoms with E-state index < -0.39 is 0 Å². The number of hydrogen-bond donors (Lipinski definition) is 2. The molecule has 0 radical (unpaired) electrons. The number of nitrogen functional groups attached to an aromatic ring is 1. The molecule has 1 amide bonds. The Kier molecular flexibility index (Phi) is 5.01. The van der Waals surface area contributed by atoms with E-state index in [-0.39, 0.29) is 5.91 Å². The van der Waals surface area contributed by atoms with E-state index in [9.17, 15) is 4.79 Å². The minimum atomic E-state index is -0.208. The lowest BCUT2D eigenvalue weighted by Gasteiger charge is -2.08. The molecule has 0 aliphatic rings. The van der Waals surface area contributed by atoms with E-state index in [0.29, 0.717) is 21.2 Å². The van der Waals surface area contributed by atoms with Gasteiger partial charge in [-0.3, -0.25) is 9.36 Å². The van der Waals surface area contributed by atoms with Gasteiger partial charge in [0.1, 0.15) is 10.7 Å². The fraction of sp³-hybridized carbons (Fsp3) is 0.158. The molecule has 0 spiro atoms. The molecular weight excluding hydrogens is 350 g/mol. The largest absolute Gasteiger partial charge is 0.383 e. The number of nitrogens with two attached hydrogens (primary N) is 1. The van der Waals surface area contributed by atoms with Crippen LogP contribution < -0.4 is 11.1 Å². The van der Waals surface area contributed by atoms with Crippen LogP contribution in [0.3, 0.4) is 0 Å². The maximum atomic E-state index is 12.5. The SMILES string of the molecule is Cc1ccc(CNC(=O)c2sc(=S)n(-c3ccc(C)cc3)c2N)cc1. The predicted octanol–water partition coefficient (Wildman–Crippen LogP) is 4.40. The van der Waals surface area contributed by atoms with Gasteiger partial charge in [0.25, 0.3) is 5.91 Å². The van der Waals surface area contributed by atoms with Gasteiger partial charge in [-0.05, 0) is 43.8 Å². The van der Waals surface area contributed by atoms with E-state index in [0.717, 1.165) is 16.8 Å². The first-order valence-corrected chi connectivity index (χ1v) is 9.10. The van der Waals surface area contributed by atoms with Gasteiger partial charge < -0.3 is 11.1 Å². The summed E-state index contributed by atoms with van der Waals surface area (Å²) in [5.74, 6) is 0.167. The van der Waals surface area contributed by atoms with Crippen LogP contribution in [0.15, 0.2) is 48.5 Å². The maximum Gasteiger partial charge on any atom is 0.265 e. The van der Waals surface area contributed by atoms with Crippen LogP contribution in [0.5, 0.6) is 0 Å². The summed E-state index contributed by atoms with van der Waals surface area (Å²) < 4.78 is 2.29. The normalized spacial score (nSPS) is 10.6. The van der Waals surface area contributed by atoms with Crippen LogP contribution in [0.1, 0.15) is 26.4 Å². The molecule has 3 N–H and O–H groups in total. The minimum Gasteiger partial charge on any atom is -0.383 e. The second-order valence-corrected chi connectivity index (χ2v) is 7.57. The van der Waals surface area contributed by atoms with Crippen molar-refractivity contribution in [3.63, 3.8) is 0 Å². The standard InChI is InChI=1S/C19H19N3OS2/c1-12-3-7-14(8-4-12)11-21-18(23)16-17(20)22(19(24)25-16)15-9-5-13(2)6-10-15/h3-10H,11,20H2,1-2H3,(H,21,23). The number of aryl methyl sites for hydroxylation is 2. The van der Waals surface area contributed by atoms with Gasteiger partial charge in [0.2, 0.25) is 0 Å². The number of anilines is 1. The highest BCUT2D eigenvalue weighted by Crippen LogP contribution is 2.26. The average molecular weight is 370 g/mol. The Labute approximate surface area is 155 Å². The molecule has 1 aromatic heterocycles. The van der Waals surface area contributed by atoms with Crippen LogP contribution in [0.4, 0.5) is 5.82 Å². The summed E-state index contributed by atoms with van der Waals surface area (Å²) in [5.41, 5.74) is 10.5. The van der Waals surface area contributed by atoms with Crippen molar-refractivity contribution >= 4 is 35.3 Å². The van der Waals surface area contributed by atoms with Crippen LogP contribution in [0.25, 0.3) is 5.69 Å². The number of thiazole rings is 1. The van der Waals surface area contributed by atoms with Crippen molar-refractivity contribution < 1.29 is 4.79 Å². The Hall–Kier alpha value is -2.44. The van der Waals surface area contributed by atoms with Crippen LogP contribution in [0, 0.1) is 17.8 Å². The summed E-state index contributed by atoms with van der Waals surface area (Å²) in [6.07, 6.45) is 0. The first kappa shape index (κ1) is 17.4. The number of hydrogen-bond acceptors (Lipinski definition) is 4. The Balaban J connectivity index is 1.81. The summed E-state index contributed by atoms with van der Waals surface area (Å²) in [7, 11) is 0. The quantitative estimate of drug-likeness (QED) is 0.670. The second kappa shape index (κ2) is 7.21. The third kappa shape index (κ3) is 3.81. The number of carbonyl (C=O) groups excluding carboxylic acids is 1. The summed E-state index contributed by atoms with van der Waals surface area (Å²) >= 11 is 6.63. The zero-order chi connectivity index (χ0) is 18.0. The van der Waals surface area contributed by atoms with Gasteiger partial charge in [0.05, 0.1) is 0 Å². The smallest absolute Gasteiger partial charge is 0.265 e. The number of rotatable bonds is 4. The van der Waals surface area contributed by atoms with Gasteiger partial charge in [-0.1, -0.05) is 58.9 Å². The Morgan fingerprint density at radius 3 is 2.24 bits per heavy atom. The van der Waals surface area contributed by atoms with E-state index in [1.165, 1.54) is 16.9 Å². The molecule has 0 fully saturated rings. The van der Waals surface area contributed by atoms with Gasteiger partial charge in [-0.15, -0.1) is 0 Å². The van der Waals surface area contributed by atoms with Crippen molar-refractivity contribution in [3.05, 3.63) is 74.1 Å². The fourth-order valence-corrected chi connectivity index (χ4v) is 3.74. The van der Waals surface area contributed by atoms with Gasteiger partial charge >= 0.3 is 0 Å². The van der Waals surface area contributed by atoms with E-state index >= 15 is 0 Å². The van der Waals surface area contributed by atoms with E-state index in [4.69, 9.17) is 18.0 Å². The molecule has 2 aromatic carbocycles. The topological polar surface area (TPSA) is 60.0 Å². The van der Waals surface area contributed by atoms with Gasteiger partial charge in [0.15, 0.2) is 3.95 Å². The molecule has 3 aromatic rings. The lowest BCUT2D eigenvalue weighted by atomic mass is 10.1. The van der Waals surface area contributed by atoms with Crippen LogP contribution in [0.2, 0.25) is 0 Å². The number of benzene rings is 2. The van der Waals surface area contributed by atoms with Crippen molar-refractivity contribution in [3.8, 4) is 5.69 Å². The molecule has 0 atom stereocenters. The first-order valence-electron chi connectivity index (χ1n) is 7.88. The van der Waals surface area contributed by atoms with Crippen molar-refractivity contribution in [2.45, 2.75) is 20.4 Å². The molecule has 6 heteroatoms. The van der Waals surface area contributed by atoms with Crippen LogP contribution >= 0.6 is 23.6 Å². The number of amides is 1. The zero-order valence-electron chi connectivity index (χ0n) is 14.1. The van der Waals surface area contributed by atoms with Gasteiger partial charge in [0, 0.05) is 12.2 Å². The molecule has 25 heavy (non-hydrogen) atoms. The fourth-order valence-electron chi connectivity index (χ4n) is 2.45. The third-order valence-electron chi connectivity index (χ3n) is 3.92. The average Bonchev–Trinajstić information content (AvgIpc) is 2.90. The van der Waals surface area contributed by atoms with E-state index in [1.54, 1.807) is 4.57 Å². The van der Waals surface area contributed by atoms with Crippen LogP contribution in [-0.4, -0.2) is 10.5 Å². The molecule has 3 rings (SSSR count). The molecule has 0 bridgehead atoms. The highest BCUT2D eigenvalue weighted by molar-refractivity contribution is 7.73. The Morgan fingerprint density at radius 1 is 1.08 bits per heavy atom. The number of aromatic nitrogens is 1. The highest BCUT2D eigenvalue weighted by Gasteiger charge is 2.17. The molecule has 0 saturated heterocycles.